The first-order valence-electron chi connectivity index (χ1n) is 6.64. The molecule has 0 unspecified atom stereocenters. The Morgan fingerprint density at radius 2 is 1.52 bits per heavy atom. The van der Waals surface area contributed by atoms with E-state index in [4.69, 9.17) is 10.5 Å². The van der Waals surface area contributed by atoms with E-state index in [1.165, 1.54) is 0 Å². The Kier molecular flexibility index (Phi) is 3.48. The van der Waals surface area contributed by atoms with Crippen molar-refractivity contribution >= 4 is 5.69 Å². The highest BCUT2D eigenvalue weighted by molar-refractivity contribution is 5.72. The molecule has 3 aromatic carbocycles. The van der Waals surface area contributed by atoms with E-state index in [2.05, 4.69) is 0 Å². The van der Waals surface area contributed by atoms with Gasteiger partial charge in [0.1, 0.15) is 17.2 Å². The molecule has 0 atom stereocenters. The average molecular weight is 277 g/mol. The number of nitrogen functional groups attached to an aromatic ring is 1. The van der Waals surface area contributed by atoms with Gasteiger partial charge in [0.2, 0.25) is 0 Å². The predicted octanol–water partition coefficient (Wildman–Crippen LogP) is 4.43. The highest BCUT2D eigenvalue weighted by Crippen LogP contribution is 2.36. The highest BCUT2D eigenvalue weighted by Gasteiger charge is 2.08. The molecule has 0 bridgehead atoms. The van der Waals surface area contributed by atoms with Gasteiger partial charge in [-0.1, -0.05) is 30.3 Å². The van der Waals surface area contributed by atoms with Crippen LogP contribution in [-0.2, 0) is 0 Å². The topological polar surface area (TPSA) is 55.5 Å². The van der Waals surface area contributed by atoms with Crippen molar-refractivity contribution in [1.82, 2.24) is 0 Å². The van der Waals surface area contributed by atoms with Crippen LogP contribution in [0.25, 0.3) is 11.1 Å². The van der Waals surface area contributed by atoms with Gasteiger partial charge < -0.3 is 15.6 Å². The highest BCUT2D eigenvalue weighted by atomic mass is 16.5. The number of ether oxygens (including phenoxy) is 1. The van der Waals surface area contributed by atoms with Crippen molar-refractivity contribution in [2.45, 2.75) is 0 Å². The van der Waals surface area contributed by atoms with Crippen LogP contribution in [0.5, 0.6) is 17.2 Å². The Balaban J connectivity index is 2.01. The van der Waals surface area contributed by atoms with Crippen molar-refractivity contribution in [3.63, 3.8) is 0 Å². The Morgan fingerprint density at radius 1 is 0.810 bits per heavy atom. The second kappa shape index (κ2) is 5.59. The van der Waals surface area contributed by atoms with Gasteiger partial charge in [-0.3, -0.25) is 0 Å². The Labute approximate surface area is 123 Å². The predicted molar refractivity (Wildman–Crippen MR) is 84.5 cm³/mol. The summed E-state index contributed by atoms with van der Waals surface area (Å²) >= 11 is 0. The minimum Gasteiger partial charge on any atom is -0.508 e. The van der Waals surface area contributed by atoms with E-state index < -0.39 is 0 Å². The molecule has 3 heteroatoms. The van der Waals surface area contributed by atoms with Crippen LogP contribution in [-0.4, -0.2) is 5.11 Å². The van der Waals surface area contributed by atoms with Gasteiger partial charge in [-0.05, 0) is 42.0 Å². The number of anilines is 1. The minimum atomic E-state index is 0.167. The number of hydrogen-bond acceptors (Lipinski definition) is 3. The van der Waals surface area contributed by atoms with E-state index in [1.807, 2.05) is 36.4 Å². The number of benzene rings is 3. The molecule has 0 radical (unpaired) electrons. The average Bonchev–Trinajstić information content (AvgIpc) is 2.51. The van der Waals surface area contributed by atoms with Crippen LogP contribution >= 0.6 is 0 Å². The lowest BCUT2D eigenvalue weighted by Crippen LogP contribution is -1.89. The number of phenols is 1. The fraction of sp³-hybridized carbons (Fsp3) is 0. The quantitative estimate of drug-likeness (QED) is 0.696. The molecule has 3 rings (SSSR count). The summed E-state index contributed by atoms with van der Waals surface area (Å²) in [6.07, 6.45) is 0. The molecule has 0 aliphatic rings. The molecule has 0 aliphatic carbocycles. The van der Waals surface area contributed by atoms with Crippen LogP contribution in [0.2, 0.25) is 0 Å². The van der Waals surface area contributed by atoms with E-state index in [0.29, 0.717) is 17.2 Å². The number of rotatable bonds is 3. The molecular formula is C18H15NO2. The molecule has 0 fully saturated rings. The SMILES string of the molecule is Nc1ccc(Oc2cc(O)ccc2-c2ccccc2)cc1. The molecule has 104 valence electrons. The van der Waals surface area contributed by atoms with Gasteiger partial charge in [-0.25, -0.2) is 0 Å². The fourth-order valence-corrected chi connectivity index (χ4v) is 2.11. The van der Waals surface area contributed by atoms with E-state index in [-0.39, 0.29) is 5.75 Å². The molecule has 0 amide bonds. The molecular weight excluding hydrogens is 262 g/mol. The lowest BCUT2D eigenvalue weighted by atomic mass is 10.0. The maximum atomic E-state index is 9.71. The number of phenolic OH excluding ortho intramolecular Hbond substituents is 1. The molecule has 0 aliphatic heterocycles. The summed E-state index contributed by atoms with van der Waals surface area (Å²) in [5, 5.41) is 9.71. The van der Waals surface area contributed by atoms with Crippen molar-refractivity contribution < 1.29 is 9.84 Å². The van der Waals surface area contributed by atoms with Crippen molar-refractivity contribution in [3.8, 4) is 28.4 Å². The second-order valence-electron chi connectivity index (χ2n) is 4.72. The smallest absolute Gasteiger partial charge is 0.138 e. The normalized spacial score (nSPS) is 10.3. The van der Waals surface area contributed by atoms with Crippen molar-refractivity contribution in [1.29, 1.82) is 0 Å². The number of nitrogens with two attached hydrogens (primary N) is 1. The zero-order chi connectivity index (χ0) is 14.7. The largest absolute Gasteiger partial charge is 0.508 e. The Morgan fingerprint density at radius 3 is 2.24 bits per heavy atom. The molecule has 3 N–H and O–H groups in total. The second-order valence-corrected chi connectivity index (χ2v) is 4.72. The van der Waals surface area contributed by atoms with Gasteiger partial charge >= 0.3 is 0 Å². The summed E-state index contributed by atoms with van der Waals surface area (Å²) in [4.78, 5) is 0. The van der Waals surface area contributed by atoms with Crippen molar-refractivity contribution in [2.24, 2.45) is 0 Å². The van der Waals surface area contributed by atoms with Gasteiger partial charge in [-0.15, -0.1) is 0 Å². The van der Waals surface area contributed by atoms with E-state index in [0.717, 1.165) is 11.1 Å². The molecule has 3 aromatic rings. The Hall–Kier alpha value is -2.94. The van der Waals surface area contributed by atoms with Gasteiger partial charge in [0.25, 0.3) is 0 Å². The molecule has 3 nitrogen and oxygen atoms in total. The first kappa shape index (κ1) is 13.1. The molecule has 0 saturated heterocycles. The summed E-state index contributed by atoms with van der Waals surface area (Å²) in [5.74, 6) is 1.44. The van der Waals surface area contributed by atoms with Crippen molar-refractivity contribution in [3.05, 3.63) is 72.8 Å². The molecule has 0 spiro atoms. The first-order chi connectivity index (χ1) is 10.2. The van der Waals surface area contributed by atoms with E-state index >= 15 is 0 Å². The third-order valence-corrected chi connectivity index (χ3v) is 3.16. The minimum absolute atomic E-state index is 0.167. The zero-order valence-corrected chi connectivity index (χ0v) is 11.4. The van der Waals surface area contributed by atoms with Crippen molar-refractivity contribution in [2.75, 3.05) is 5.73 Å². The summed E-state index contributed by atoms with van der Waals surface area (Å²) < 4.78 is 5.88. The monoisotopic (exact) mass is 277 g/mol. The number of aromatic hydroxyl groups is 1. The maximum absolute atomic E-state index is 9.71. The molecule has 0 aromatic heterocycles. The third-order valence-electron chi connectivity index (χ3n) is 3.16. The number of hydrogen-bond donors (Lipinski definition) is 2. The third kappa shape index (κ3) is 2.98. The standard InChI is InChI=1S/C18H15NO2/c19-14-6-9-16(10-7-14)21-18-12-15(20)8-11-17(18)13-4-2-1-3-5-13/h1-12,20H,19H2. The van der Waals surface area contributed by atoms with E-state index in [9.17, 15) is 5.11 Å². The van der Waals surface area contributed by atoms with Crippen LogP contribution in [0, 0.1) is 0 Å². The summed E-state index contributed by atoms with van der Waals surface area (Å²) in [6.45, 7) is 0. The molecule has 21 heavy (non-hydrogen) atoms. The summed E-state index contributed by atoms with van der Waals surface area (Å²) in [5.41, 5.74) is 8.30. The van der Waals surface area contributed by atoms with Crippen LogP contribution in [0.4, 0.5) is 5.69 Å². The van der Waals surface area contributed by atoms with Crippen LogP contribution in [0.3, 0.4) is 0 Å². The summed E-state index contributed by atoms with van der Waals surface area (Å²) in [6, 6.07) is 22.2. The molecule has 0 saturated carbocycles. The first-order valence-corrected chi connectivity index (χ1v) is 6.64. The lowest BCUT2D eigenvalue weighted by Gasteiger charge is -2.12. The van der Waals surface area contributed by atoms with Gasteiger partial charge in [0, 0.05) is 17.3 Å². The Bertz CT molecular complexity index is 737. The molecule has 0 heterocycles. The maximum Gasteiger partial charge on any atom is 0.138 e. The lowest BCUT2D eigenvalue weighted by molar-refractivity contribution is 0.456. The van der Waals surface area contributed by atoms with Gasteiger partial charge in [0.05, 0.1) is 0 Å². The summed E-state index contributed by atoms with van der Waals surface area (Å²) in [7, 11) is 0. The van der Waals surface area contributed by atoms with Gasteiger partial charge in [-0.2, -0.15) is 0 Å². The van der Waals surface area contributed by atoms with Crippen LogP contribution < -0.4 is 10.5 Å². The zero-order valence-electron chi connectivity index (χ0n) is 11.4. The van der Waals surface area contributed by atoms with E-state index in [1.54, 1.807) is 36.4 Å². The van der Waals surface area contributed by atoms with Crippen LogP contribution in [0.1, 0.15) is 0 Å². The van der Waals surface area contributed by atoms with Gasteiger partial charge in [0.15, 0.2) is 0 Å². The fourth-order valence-electron chi connectivity index (χ4n) is 2.11. The van der Waals surface area contributed by atoms with Crippen LogP contribution in [0.15, 0.2) is 72.8 Å².